The molecule has 3 saturated heterocycles. The predicted octanol–water partition coefficient (Wildman–Crippen LogP) is 5.98. The second kappa shape index (κ2) is 12.4. The van der Waals surface area contributed by atoms with Crippen LogP contribution in [0.25, 0.3) is 0 Å². The molecule has 0 spiro atoms. The molecule has 0 aliphatic carbocycles. The Hall–Kier alpha value is -2.90. The summed E-state index contributed by atoms with van der Waals surface area (Å²) in [6, 6.07) is 22.9. The van der Waals surface area contributed by atoms with Crippen LogP contribution >= 0.6 is 23.2 Å². The summed E-state index contributed by atoms with van der Waals surface area (Å²) in [5.41, 5.74) is 5.06. The van der Waals surface area contributed by atoms with Crippen molar-refractivity contribution < 1.29 is 9.59 Å². The summed E-state index contributed by atoms with van der Waals surface area (Å²) in [5.74, 6) is 0.112. The first kappa shape index (κ1) is 29.2. The Morgan fingerprint density at radius 2 is 1.52 bits per heavy atom. The number of piperazine rings is 2. The van der Waals surface area contributed by atoms with E-state index in [0.717, 1.165) is 42.9 Å². The monoisotopic (exact) mass is 604 g/mol. The SMILES string of the molecule is Cc1cc(C)cc(C(=O)N2CCN(C(=O)CCN3C[C@@H]4C[C@H]3CN4Cc3ccccc3)C(c3ccc(Cl)c(Cl)c3)C2)c1. The molecule has 3 aliphatic heterocycles. The molecule has 42 heavy (non-hydrogen) atoms. The molecule has 3 fully saturated rings. The lowest BCUT2D eigenvalue weighted by Gasteiger charge is -2.42. The van der Waals surface area contributed by atoms with Gasteiger partial charge < -0.3 is 9.80 Å². The lowest BCUT2D eigenvalue weighted by atomic mass is 10.00. The Bertz CT molecular complexity index is 1440. The van der Waals surface area contributed by atoms with Crippen LogP contribution in [-0.4, -0.2) is 82.8 Å². The number of halogens is 2. The first-order valence-electron chi connectivity index (χ1n) is 14.9. The van der Waals surface area contributed by atoms with E-state index in [4.69, 9.17) is 23.2 Å². The Balaban J connectivity index is 1.12. The summed E-state index contributed by atoms with van der Waals surface area (Å²) in [6.07, 6.45) is 1.64. The minimum absolute atomic E-state index is 0.00731. The van der Waals surface area contributed by atoms with Gasteiger partial charge in [0.05, 0.1) is 16.1 Å². The van der Waals surface area contributed by atoms with Gasteiger partial charge in [-0.05, 0) is 55.7 Å². The van der Waals surface area contributed by atoms with Crippen LogP contribution in [0.3, 0.4) is 0 Å². The lowest BCUT2D eigenvalue weighted by molar-refractivity contribution is -0.136. The van der Waals surface area contributed by atoms with Crippen LogP contribution in [0.15, 0.2) is 66.7 Å². The van der Waals surface area contributed by atoms with Gasteiger partial charge in [-0.1, -0.05) is 76.8 Å². The average molecular weight is 606 g/mol. The number of hydrogen-bond donors (Lipinski definition) is 0. The number of likely N-dealkylation sites (tertiary alicyclic amines) is 2. The zero-order valence-corrected chi connectivity index (χ0v) is 25.8. The van der Waals surface area contributed by atoms with E-state index in [9.17, 15) is 9.59 Å². The molecule has 6 rings (SSSR count). The smallest absolute Gasteiger partial charge is 0.254 e. The molecule has 3 aromatic rings. The van der Waals surface area contributed by atoms with E-state index in [-0.39, 0.29) is 17.9 Å². The molecule has 6 nitrogen and oxygen atoms in total. The summed E-state index contributed by atoms with van der Waals surface area (Å²) in [7, 11) is 0. The van der Waals surface area contributed by atoms with Gasteiger partial charge in [-0.15, -0.1) is 0 Å². The van der Waals surface area contributed by atoms with Crippen molar-refractivity contribution in [3.05, 3.63) is 105 Å². The molecule has 2 bridgehead atoms. The van der Waals surface area contributed by atoms with Gasteiger partial charge in [-0.25, -0.2) is 0 Å². The first-order chi connectivity index (χ1) is 20.2. The van der Waals surface area contributed by atoms with Crippen molar-refractivity contribution in [1.82, 2.24) is 19.6 Å². The lowest BCUT2D eigenvalue weighted by Crippen LogP contribution is -2.53. The van der Waals surface area contributed by atoms with E-state index in [1.807, 2.05) is 47.9 Å². The van der Waals surface area contributed by atoms with E-state index >= 15 is 0 Å². The topological polar surface area (TPSA) is 47.1 Å². The highest BCUT2D eigenvalue weighted by Crippen LogP contribution is 2.34. The summed E-state index contributed by atoms with van der Waals surface area (Å²) < 4.78 is 0. The number of aryl methyl sites for hydroxylation is 2. The second-order valence-corrected chi connectivity index (χ2v) is 12.9. The number of rotatable bonds is 7. The van der Waals surface area contributed by atoms with Gasteiger partial charge in [0, 0.05) is 69.9 Å². The van der Waals surface area contributed by atoms with Crippen molar-refractivity contribution in [2.45, 2.75) is 51.4 Å². The molecular formula is C34H38Cl2N4O2. The fraction of sp³-hybridized carbons (Fsp3) is 0.412. The van der Waals surface area contributed by atoms with E-state index in [0.29, 0.717) is 53.7 Å². The number of amides is 2. The predicted molar refractivity (Wildman–Crippen MR) is 168 cm³/mol. The van der Waals surface area contributed by atoms with Crippen LogP contribution in [0.2, 0.25) is 10.0 Å². The fourth-order valence-corrected chi connectivity index (χ4v) is 7.36. The zero-order valence-electron chi connectivity index (χ0n) is 24.3. The molecule has 0 radical (unpaired) electrons. The number of fused-ring (bicyclic) bond motifs is 2. The van der Waals surface area contributed by atoms with Gasteiger partial charge in [0.2, 0.25) is 5.91 Å². The largest absolute Gasteiger partial charge is 0.334 e. The molecule has 1 unspecified atom stereocenters. The Kier molecular flexibility index (Phi) is 8.60. The molecule has 3 heterocycles. The summed E-state index contributed by atoms with van der Waals surface area (Å²) >= 11 is 12.6. The summed E-state index contributed by atoms with van der Waals surface area (Å²) in [5, 5.41) is 0.926. The van der Waals surface area contributed by atoms with Gasteiger partial charge in [0.15, 0.2) is 0 Å². The maximum atomic E-state index is 13.8. The molecule has 3 atom stereocenters. The summed E-state index contributed by atoms with van der Waals surface area (Å²) in [6.45, 7) is 9.23. The zero-order chi connectivity index (χ0) is 29.4. The van der Waals surface area contributed by atoms with Crippen molar-refractivity contribution in [3.63, 3.8) is 0 Å². The number of hydrogen-bond acceptors (Lipinski definition) is 4. The minimum Gasteiger partial charge on any atom is -0.334 e. The number of benzene rings is 3. The molecule has 8 heteroatoms. The number of carbonyl (C=O) groups is 2. The van der Waals surface area contributed by atoms with Gasteiger partial charge in [0.1, 0.15) is 0 Å². The van der Waals surface area contributed by atoms with Crippen molar-refractivity contribution in [2.75, 3.05) is 39.3 Å². The maximum absolute atomic E-state index is 13.8. The van der Waals surface area contributed by atoms with Crippen LogP contribution in [0.5, 0.6) is 0 Å². The Morgan fingerprint density at radius 1 is 0.810 bits per heavy atom. The molecule has 0 aromatic heterocycles. The van der Waals surface area contributed by atoms with Gasteiger partial charge in [0.25, 0.3) is 5.91 Å². The van der Waals surface area contributed by atoms with Gasteiger partial charge in [-0.3, -0.25) is 19.4 Å². The summed E-state index contributed by atoms with van der Waals surface area (Å²) in [4.78, 5) is 36.2. The third kappa shape index (κ3) is 6.23. The van der Waals surface area contributed by atoms with Crippen LogP contribution < -0.4 is 0 Å². The van der Waals surface area contributed by atoms with Crippen molar-refractivity contribution >= 4 is 35.0 Å². The van der Waals surface area contributed by atoms with Crippen LogP contribution in [0, 0.1) is 13.8 Å². The molecule has 3 aromatic carbocycles. The maximum Gasteiger partial charge on any atom is 0.254 e. The Labute approximate surface area is 258 Å². The molecule has 2 amide bonds. The highest BCUT2D eigenvalue weighted by atomic mass is 35.5. The van der Waals surface area contributed by atoms with Crippen LogP contribution in [0.1, 0.15) is 51.5 Å². The minimum atomic E-state index is -0.285. The van der Waals surface area contributed by atoms with Crippen molar-refractivity contribution in [3.8, 4) is 0 Å². The highest BCUT2D eigenvalue weighted by Gasteiger charge is 2.43. The number of carbonyl (C=O) groups excluding carboxylic acids is 2. The highest BCUT2D eigenvalue weighted by molar-refractivity contribution is 6.42. The van der Waals surface area contributed by atoms with Crippen molar-refractivity contribution in [1.29, 1.82) is 0 Å². The second-order valence-electron chi connectivity index (χ2n) is 12.1. The third-order valence-corrected chi connectivity index (χ3v) is 9.83. The number of nitrogens with zero attached hydrogens (tertiary/aromatic N) is 4. The quantitative estimate of drug-likeness (QED) is 0.332. The van der Waals surface area contributed by atoms with Gasteiger partial charge in [-0.2, -0.15) is 0 Å². The third-order valence-electron chi connectivity index (χ3n) is 9.09. The molecule has 3 aliphatic rings. The fourth-order valence-electron chi connectivity index (χ4n) is 7.05. The van der Waals surface area contributed by atoms with E-state index in [2.05, 4.69) is 46.2 Å². The van der Waals surface area contributed by atoms with E-state index < -0.39 is 0 Å². The van der Waals surface area contributed by atoms with Crippen molar-refractivity contribution in [2.24, 2.45) is 0 Å². The van der Waals surface area contributed by atoms with Crippen LogP contribution in [0.4, 0.5) is 0 Å². The van der Waals surface area contributed by atoms with Crippen LogP contribution in [-0.2, 0) is 11.3 Å². The van der Waals surface area contributed by atoms with E-state index in [1.54, 1.807) is 6.07 Å². The van der Waals surface area contributed by atoms with Gasteiger partial charge >= 0.3 is 0 Å². The Morgan fingerprint density at radius 3 is 2.21 bits per heavy atom. The van der Waals surface area contributed by atoms with E-state index in [1.165, 1.54) is 12.0 Å². The normalized spacial score (nSPS) is 22.6. The molecule has 0 N–H and O–H groups in total. The standard InChI is InChI=1S/C34H38Cl2N4O2/c1-23-14-24(2)16-27(15-23)34(42)38-12-13-40(32(22-38)26-8-9-30(35)31(36)17-26)33(41)10-11-37-20-29-18-28(37)21-39(29)19-25-6-4-3-5-7-25/h3-9,14-17,28-29,32H,10-13,18-22H2,1-2H3/t28-,29-,32?/m0/s1. The average Bonchev–Trinajstić information content (AvgIpc) is 3.57. The molecular weight excluding hydrogens is 567 g/mol. The molecule has 0 saturated carbocycles. The first-order valence-corrected chi connectivity index (χ1v) is 15.6. The molecule has 220 valence electrons.